The van der Waals surface area contributed by atoms with Gasteiger partial charge >= 0.3 is 0 Å². The quantitative estimate of drug-likeness (QED) is 0.433. The van der Waals surface area contributed by atoms with Crippen molar-refractivity contribution in [2.45, 2.75) is 45.2 Å². The molecule has 0 bridgehead atoms. The largest absolute Gasteiger partial charge is 0.271 e. The zero-order valence-corrected chi connectivity index (χ0v) is 9.73. The minimum Gasteiger partial charge on any atom is -0.271 e. The molecular weight excluding hydrogens is 164 g/mol. The zero-order chi connectivity index (χ0) is 10.7. The van der Waals surface area contributed by atoms with Gasteiger partial charge in [-0.2, -0.15) is 0 Å². The second-order valence-corrected chi connectivity index (χ2v) is 5.10. The number of nitrogens with two attached hydrogens (primary N) is 1. The molecule has 80 valence electrons. The van der Waals surface area contributed by atoms with Gasteiger partial charge in [-0.25, -0.2) is 0 Å². The van der Waals surface area contributed by atoms with Crippen LogP contribution in [0.15, 0.2) is 0 Å². The maximum absolute atomic E-state index is 5.45. The maximum Gasteiger partial charge on any atom is 0.0287 e. The second kappa shape index (κ2) is 4.37. The van der Waals surface area contributed by atoms with E-state index in [4.69, 9.17) is 5.84 Å². The molecule has 0 saturated heterocycles. The van der Waals surface area contributed by atoms with E-state index in [0.717, 1.165) is 6.42 Å². The van der Waals surface area contributed by atoms with E-state index in [1.54, 1.807) is 0 Å². The molecule has 0 heterocycles. The second-order valence-electron chi connectivity index (χ2n) is 5.10. The molecule has 0 spiro atoms. The van der Waals surface area contributed by atoms with Crippen LogP contribution in [0, 0.1) is 0 Å². The highest BCUT2D eigenvalue weighted by Gasteiger charge is 2.27. The van der Waals surface area contributed by atoms with Crippen molar-refractivity contribution in [2.24, 2.45) is 5.84 Å². The molecule has 0 atom stereocenters. The Morgan fingerprint density at radius 2 is 1.54 bits per heavy atom. The van der Waals surface area contributed by atoms with Crippen molar-refractivity contribution in [1.29, 1.82) is 0 Å². The van der Waals surface area contributed by atoms with Gasteiger partial charge in [0, 0.05) is 25.2 Å². The Morgan fingerprint density at radius 1 is 1.08 bits per heavy atom. The predicted molar refractivity (Wildman–Crippen MR) is 56.9 cm³/mol. The number of nitrogens with one attached hydrogen (secondary N) is 2. The number of hydrazine groups is 2. The topological polar surface area (TPSA) is 53.3 Å². The lowest BCUT2D eigenvalue weighted by molar-refractivity contribution is 0.145. The van der Waals surface area contributed by atoms with Gasteiger partial charge in [0.1, 0.15) is 0 Å². The number of hydrogen-bond donors (Lipinski definition) is 3. The zero-order valence-electron chi connectivity index (χ0n) is 9.73. The van der Waals surface area contributed by atoms with Crippen LogP contribution in [-0.2, 0) is 0 Å². The monoisotopic (exact) mass is 188 g/mol. The van der Waals surface area contributed by atoms with E-state index in [2.05, 4.69) is 38.5 Å². The minimum absolute atomic E-state index is 0.0410. The highest BCUT2D eigenvalue weighted by atomic mass is 15.5. The number of hydrogen-bond acceptors (Lipinski definition) is 4. The lowest BCUT2D eigenvalue weighted by Gasteiger charge is -2.37. The molecule has 0 aromatic carbocycles. The first-order valence-electron chi connectivity index (χ1n) is 4.61. The molecular formula is C9H24N4. The van der Waals surface area contributed by atoms with Crippen LogP contribution in [-0.4, -0.2) is 30.2 Å². The van der Waals surface area contributed by atoms with Crippen LogP contribution >= 0.6 is 0 Å². The fraction of sp³-hybridized carbons (Fsp3) is 1.00. The van der Waals surface area contributed by atoms with E-state index in [0.29, 0.717) is 0 Å². The molecule has 0 amide bonds. The summed E-state index contributed by atoms with van der Waals surface area (Å²) in [6, 6.07) is 0. The van der Waals surface area contributed by atoms with E-state index in [9.17, 15) is 0 Å². The van der Waals surface area contributed by atoms with Crippen molar-refractivity contribution in [3.05, 3.63) is 0 Å². The fourth-order valence-electron chi connectivity index (χ4n) is 1.80. The molecule has 0 aliphatic carbocycles. The van der Waals surface area contributed by atoms with Crippen LogP contribution in [0.1, 0.15) is 34.1 Å². The van der Waals surface area contributed by atoms with Crippen molar-refractivity contribution in [2.75, 3.05) is 14.1 Å². The molecule has 4 nitrogen and oxygen atoms in total. The molecule has 0 aliphatic rings. The highest BCUT2D eigenvalue weighted by Crippen LogP contribution is 2.18. The number of rotatable bonds is 5. The van der Waals surface area contributed by atoms with Gasteiger partial charge in [-0.1, -0.05) is 0 Å². The van der Waals surface area contributed by atoms with Crippen LogP contribution in [0.5, 0.6) is 0 Å². The van der Waals surface area contributed by atoms with Gasteiger partial charge in [0.25, 0.3) is 0 Å². The average molecular weight is 188 g/mol. The first kappa shape index (κ1) is 12.8. The average Bonchev–Trinajstić information content (AvgIpc) is 1.81. The van der Waals surface area contributed by atoms with Crippen molar-refractivity contribution in [3.63, 3.8) is 0 Å². The van der Waals surface area contributed by atoms with Gasteiger partial charge in [-0.15, -0.1) is 0 Å². The summed E-state index contributed by atoms with van der Waals surface area (Å²) in [5, 5.41) is 1.96. The smallest absolute Gasteiger partial charge is 0.0287 e. The Kier molecular flexibility index (Phi) is 4.32. The van der Waals surface area contributed by atoms with Gasteiger partial charge in [-0.3, -0.25) is 21.7 Å². The fourth-order valence-corrected chi connectivity index (χ4v) is 1.80. The van der Waals surface area contributed by atoms with Crippen LogP contribution in [0.25, 0.3) is 0 Å². The first-order valence-corrected chi connectivity index (χ1v) is 4.61. The molecule has 0 aromatic heterocycles. The molecule has 0 unspecified atom stereocenters. The van der Waals surface area contributed by atoms with Gasteiger partial charge in [0.15, 0.2) is 0 Å². The molecule has 0 radical (unpaired) electrons. The van der Waals surface area contributed by atoms with E-state index >= 15 is 0 Å². The van der Waals surface area contributed by atoms with Gasteiger partial charge in [0.05, 0.1) is 0 Å². The van der Waals surface area contributed by atoms with Gasteiger partial charge in [0.2, 0.25) is 0 Å². The van der Waals surface area contributed by atoms with Crippen molar-refractivity contribution in [1.82, 2.24) is 15.9 Å². The molecule has 0 saturated carbocycles. The first-order chi connectivity index (χ1) is 5.68. The Bertz CT molecular complexity index is 152. The maximum atomic E-state index is 5.45. The third kappa shape index (κ3) is 5.99. The van der Waals surface area contributed by atoms with E-state index < -0.39 is 0 Å². The molecule has 0 rings (SSSR count). The minimum atomic E-state index is -0.0491. The lowest BCUT2D eigenvalue weighted by atomic mass is 9.88. The highest BCUT2D eigenvalue weighted by molar-refractivity contribution is 4.87. The summed E-state index contributed by atoms with van der Waals surface area (Å²) >= 11 is 0. The Hall–Kier alpha value is -0.160. The van der Waals surface area contributed by atoms with E-state index in [-0.39, 0.29) is 11.1 Å². The lowest BCUT2D eigenvalue weighted by Crippen LogP contribution is -2.55. The summed E-state index contributed by atoms with van der Waals surface area (Å²) < 4.78 is 0. The summed E-state index contributed by atoms with van der Waals surface area (Å²) in [6.07, 6.45) is 0.953. The molecule has 4 N–H and O–H groups in total. The van der Waals surface area contributed by atoms with Gasteiger partial charge in [-0.05, 0) is 34.1 Å². The van der Waals surface area contributed by atoms with Crippen LogP contribution in [0.2, 0.25) is 0 Å². The summed E-state index contributed by atoms with van der Waals surface area (Å²) in [5.74, 6) is 5.45. The standard InChI is InChI=1S/C9H24N4/c1-8(2,11-10)7-9(3,4)12-13(5)6/h11-12H,7,10H2,1-6H3. The summed E-state index contributed by atoms with van der Waals surface area (Å²) in [4.78, 5) is 0. The molecule has 0 aromatic rings. The summed E-state index contributed by atoms with van der Waals surface area (Å²) in [6.45, 7) is 8.50. The molecule has 0 fully saturated rings. The number of nitrogens with zero attached hydrogens (tertiary/aromatic N) is 1. The normalized spacial score (nSPS) is 13.8. The van der Waals surface area contributed by atoms with Crippen molar-refractivity contribution >= 4 is 0 Å². The third-order valence-electron chi connectivity index (χ3n) is 1.80. The Balaban J connectivity index is 4.16. The van der Waals surface area contributed by atoms with Crippen molar-refractivity contribution in [3.8, 4) is 0 Å². The van der Waals surface area contributed by atoms with E-state index in [1.807, 2.05) is 19.1 Å². The predicted octanol–water partition coefficient (Wildman–Crippen LogP) is 0.463. The SMILES string of the molecule is CN(C)NC(C)(C)CC(C)(C)NN. The molecule has 0 aliphatic heterocycles. The van der Waals surface area contributed by atoms with Crippen LogP contribution in [0.3, 0.4) is 0 Å². The Labute approximate surface area is 81.8 Å². The summed E-state index contributed by atoms with van der Waals surface area (Å²) in [5.41, 5.74) is 6.15. The third-order valence-corrected chi connectivity index (χ3v) is 1.80. The van der Waals surface area contributed by atoms with Crippen molar-refractivity contribution < 1.29 is 0 Å². The van der Waals surface area contributed by atoms with Crippen LogP contribution in [0.4, 0.5) is 0 Å². The Morgan fingerprint density at radius 3 is 1.85 bits per heavy atom. The summed E-state index contributed by atoms with van der Waals surface area (Å²) in [7, 11) is 3.98. The van der Waals surface area contributed by atoms with Gasteiger partial charge < -0.3 is 0 Å². The molecule has 4 heteroatoms. The van der Waals surface area contributed by atoms with E-state index in [1.165, 1.54) is 0 Å². The van der Waals surface area contributed by atoms with Crippen LogP contribution < -0.4 is 16.7 Å². The molecule has 13 heavy (non-hydrogen) atoms.